The van der Waals surface area contributed by atoms with Crippen molar-refractivity contribution in [1.82, 2.24) is 9.88 Å². The van der Waals surface area contributed by atoms with E-state index in [0.29, 0.717) is 12.2 Å². The van der Waals surface area contributed by atoms with Crippen molar-refractivity contribution in [2.75, 3.05) is 26.2 Å². The standard InChI is InChI=1S/C14H21N3O2/c1-2-19-14(18)11-5-6-13(16-9-11)12(15)10-17-7-3-4-8-17/h5-6,9,12H,2-4,7-8,10,15H2,1H3. The van der Waals surface area contributed by atoms with Gasteiger partial charge in [-0.1, -0.05) is 0 Å². The van der Waals surface area contributed by atoms with Crippen LogP contribution in [0.25, 0.3) is 0 Å². The van der Waals surface area contributed by atoms with Crippen LogP contribution < -0.4 is 5.73 Å². The van der Waals surface area contributed by atoms with Gasteiger partial charge < -0.3 is 15.4 Å². The molecule has 2 rings (SSSR count). The van der Waals surface area contributed by atoms with Gasteiger partial charge in [-0.2, -0.15) is 0 Å². The minimum Gasteiger partial charge on any atom is -0.462 e. The first kappa shape index (κ1) is 14.0. The van der Waals surface area contributed by atoms with Crippen molar-refractivity contribution in [3.05, 3.63) is 29.6 Å². The number of hydrogen-bond acceptors (Lipinski definition) is 5. The van der Waals surface area contributed by atoms with Gasteiger partial charge >= 0.3 is 5.97 Å². The van der Waals surface area contributed by atoms with E-state index in [1.54, 1.807) is 13.0 Å². The summed E-state index contributed by atoms with van der Waals surface area (Å²) in [6, 6.07) is 3.44. The number of carbonyl (C=O) groups excluding carboxylic acids is 1. The monoisotopic (exact) mass is 263 g/mol. The molecule has 1 saturated heterocycles. The van der Waals surface area contributed by atoms with Crippen LogP contribution in [0.15, 0.2) is 18.3 Å². The Balaban J connectivity index is 1.94. The molecule has 0 bridgehead atoms. The Morgan fingerprint density at radius 1 is 1.47 bits per heavy atom. The zero-order valence-electron chi connectivity index (χ0n) is 11.3. The Morgan fingerprint density at radius 3 is 2.79 bits per heavy atom. The molecule has 1 fully saturated rings. The molecule has 0 aliphatic carbocycles. The molecule has 104 valence electrons. The van der Waals surface area contributed by atoms with Gasteiger partial charge in [0, 0.05) is 12.7 Å². The van der Waals surface area contributed by atoms with Crippen molar-refractivity contribution >= 4 is 5.97 Å². The minimum absolute atomic E-state index is 0.102. The van der Waals surface area contributed by atoms with E-state index >= 15 is 0 Å². The first-order valence-corrected chi connectivity index (χ1v) is 6.81. The van der Waals surface area contributed by atoms with Crippen LogP contribution >= 0.6 is 0 Å². The molecule has 1 aromatic rings. The number of nitrogens with zero attached hydrogens (tertiary/aromatic N) is 2. The second-order valence-electron chi connectivity index (χ2n) is 4.81. The fourth-order valence-electron chi connectivity index (χ4n) is 2.30. The molecule has 2 heterocycles. The number of likely N-dealkylation sites (tertiary alicyclic amines) is 1. The highest BCUT2D eigenvalue weighted by molar-refractivity contribution is 5.88. The average molecular weight is 263 g/mol. The summed E-state index contributed by atoms with van der Waals surface area (Å²) in [7, 11) is 0. The lowest BCUT2D eigenvalue weighted by Crippen LogP contribution is -2.30. The first-order chi connectivity index (χ1) is 9.20. The first-order valence-electron chi connectivity index (χ1n) is 6.81. The van der Waals surface area contributed by atoms with Crippen LogP contribution in [0.5, 0.6) is 0 Å². The predicted molar refractivity (Wildman–Crippen MR) is 72.8 cm³/mol. The Labute approximate surface area is 113 Å². The van der Waals surface area contributed by atoms with Gasteiger partial charge in [0.25, 0.3) is 0 Å². The third-order valence-electron chi connectivity index (χ3n) is 3.33. The van der Waals surface area contributed by atoms with Gasteiger partial charge in [-0.25, -0.2) is 4.79 Å². The zero-order chi connectivity index (χ0) is 13.7. The molecule has 0 saturated carbocycles. The fraction of sp³-hybridized carbons (Fsp3) is 0.571. The normalized spacial score (nSPS) is 17.4. The van der Waals surface area contributed by atoms with E-state index in [4.69, 9.17) is 10.5 Å². The average Bonchev–Trinajstić information content (AvgIpc) is 2.92. The molecule has 19 heavy (non-hydrogen) atoms. The van der Waals surface area contributed by atoms with Crippen LogP contribution in [-0.4, -0.2) is 42.1 Å². The molecule has 1 unspecified atom stereocenters. The molecule has 5 nitrogen and oxygen atoms in total. The number of esters is 1. The van der Waals surface area contributed by atoms with Gasteiger partial charge in [0.2, 0.25) is 0 Å². The van der Waals surface area contributed by atoms with Crippen molar-refractivity contribution in [2.45, 2.75) is 25.8 Å². The van der Waals surface area contributed by atoms with Gasteiger partial charge in [-0.05, 0) is 45.0 Å². The Bertz CT molecular complexity index is 413. The number of nitrogens with two attached hydrogens (primary N) is 1. The second kappa shape index (κ2) is 6.63. The molecule has 0 spiro atoms. The SMILES string of the molecule is CCOC(=O)c1ccc(C(N)CN2CCCC2)nc1. The number of rotatable bonds is 5. The van der Waals surface area contributed by atoms with Crippen LogP contribution in [0, 0.1) is 0 Å². The molecular formula is C14H21N3O2. The molecular weight excluding hydrogens is 242 g/mol. The second-order valence-corrected chi connectivity index (χ2v) is 4.81. The maximum absolute atomic E-state index is 11.5. The van der Waals surface area contributed by atoms with Crippen LogP contribution in [-0.2, 0) is 4.74 Å². The molecule has 1 aliphatic rings. The van der Waals surface area contributed by atoms with Gasteiger partial charge in [0.1, 0.15) is 0 Å². The molecule has 0 amide bonds. The molecule has 1 aliphatic heterocycles. The van der Waals surface area contributed by atoms with Crippen LogP contribution in [0.2, 0.25) is 0 Å². The smallest absolute Gasteiger partial charge is 0.339 e. The van der Waals surface area contributed by atoms with E-state index in [9.17, 15) is 4.79 Å². The summed E-state index contributed by atoms with van der Waals surface area (Å²) in [6.07, 6.45) is 4.04. The van der Waals surface area contributed by atoms with E-state index in [0.717, 1.165) is 25.3 Å². The zero-order valence-corrected chi connectivity index (χ0v) is 11.3. The number of ether oxygens (including phenoxy) is 1. The van der Waals surface area contributed by atoms with Crippen molar-refractivity contribution in [3.63, 3.8) is 0 Å². The lowest BCUT2D eigenvalue weighted by atomic mass is 10.1. The van der Waals surface area contributed by atoms with Gasteiger partial charge in [0.15, 0.2) is 0 Å². The molecule has 5 heteroatoms. The Morgan fingerprint density at radius 2 is 2.21 bits per heavy atom. The molecule has 0 aromatic carbocycles. The summed E-state index contributed by atoms with van der Waals surface area (Å²) in [5.41, 5.74) is 7.43. The Kier molecular flexibility index (Phi) is 4.87. The van der Waals surface area contributed by atoms with Gasteiger partial charge in [-0.15, -0.1) is 0 Å². The molecule has 0 radical (unpaired) electrons. The van der Waals surface area contributed by atoms with Crippen molar-refractivity contribution < 1.29 is 9.53 Å². The summed E-state index contributed by atoms with van der Waals surface area (Å²) >= 11 is 0. The highest BCUT2D eigenvalue weighted by atomic mass is 16.5. The maximum Gasteiger partial charge on any atom is 0.339 e. The predicted octanol–water partition coefficient (Wildman–Crippen LogP) is 1.35. The summed E-state index contributed by atoms with van der Waals surface area (Å²) in [5.74, 6) is -0.338. The van der Waals surface area contributed by atoms with Crippen LogP contribution in [0.1, 0.15) is 41.9 Å². The molecule has 1 atom stereocenters. The summed E-state index contributed by atoms with van der Waals surface area (Å²) < 4.78 is 4.92. The lowest BCUT2D eigenvalue weighted by Gasteiger charge is -2.19. The van der Waals surface area contributed by atoms with E-state index in [1.807, 2.05) is 6.07 Å². The van der Waals surface area contributed by atoms with Crippen molar-refractivity contribution in [2.24, 2.45) is 5.73 Å². The number of pyridine rings is 1. The van der Waals surface area contributed by atoms with Crippen molar-refractivity contribution in [1.29, 1.82) is 0 Å². The third-order valence-corrected chi connectivity index (χ3v) is 3.33. The minimum atomic E-state index is -0.338. The third kappa shape index (κ3) is 3.75. The number of hydrogen-bond donors (Lipinski definition) is 1. The maximum atomic E-state index is 11.5. The van der Waals surface area contributed by atoms with E-state index in [2.05, 4.69) is 9.88 Å². The van der Waals surface area contributed by atoms with Gasteiger partial charge in [-0.3, -0.25) is 4.98 Å². The largest absolute Gasteiger partial charge is 0.462 e. The van der Waals surface area contributed by atoms with E-state index < -0.39 is 0 Å². The molecule has 2 N–H and O–H groups in total. The highest BCUT2D eigenvalue weighted by Gasteiger charge is 2.17. The topological polar surface area (TPSA) is 68.5 Å². The van der Waals surface area contributed by atoms with Crippen LogP contribution in [0.4, 0.5) is 0 Å². The fourth-order valence-corrected chi connectivity index (χ4v) is 2.30. The van der Waals surface area contributed by atoms with Gasteiger partial charge in [0.05, 0.1) is 23.9 Å². The van der Waals surface area contributed by atoms with E-state index in [1.165, 1.54) is 19.0 Å². The lowest BCUT2D eigenvalue weighted by molar-refractivity contribution is 0.0526. The quantitative estimate of drug-likeness (QED) is 0.812. The Hall–Kier alpha value is -1.46. The van der Waals surface area contributed by atoms with Crippen molar-refractivity contribution in [3.8, 4) is 0 Å². The number of carbonyl (C=O) groups is 1. The summed E-state index contributed by atoms with van der Waals surface area (Å²) in [4.78, 5) is 18.1. The molecule has 1 aromatic heterocycles. The summed E-state index contributed by atoms with van der Waals surface area (Å²) in [5, 5.41) is 0. The summed E-state index contributed by atoms with van der Waals surface area (Å²) in [6.45, 7) is 5.22. The number of aromatic nitrogens is 1. The highest BCUT2D eigenvalue weighted by Crippen LogP contribution is 2.14. The van der Waals surface area contributed by atoms with Crippen LogP contribution in [0.3, 0.4) is 0 Å². The van der Waals surface area contributed by atoms with E-state index in [-0.39, 0.29) is 12.0 Å².